The Hall–Kier alpha value is -0.610. The topological polar surface area (TPSA) is 19.4 Å². The van der Waals surface area contributed by atoms with Crippen LogP contribution in [0.3, 0.4) is 0 Å². The minimum atomic E-state index is 0.685. The zero-order chi connectivity index (χ0) is 13.0. The van der Waals surface area contributed by atoms with E-state index in [-0.39, 0.29) is 0 Å². The Morgan fingerprint density at radius 2 is 2.22 bits per heavy atom. The number of hydrogen-bond donors (Lipinski definition) is 0. The van der Waals surface area contributed by atoms with Gasteiger partial charge < -0.3 is 4.90 Å². The van der Waals surface area contributed by atoms with Gasteiger partial charge in [0.25, 0.3) is 0 Å². The smallest absolute Gasteiger partial charge is 0.132 e. The molecule has 1 saturated heterocycles. The molecule has 3 nitrogen and oxygen atoms in total. The van der Waals surface area contributed by atoms with Crippen molar-refractivity contribution in [1.82, 2.24) is 9.88 Å². The van der Waals surface area contributed by atoms with Crippen LogP contribution in [0.2, 0.25) is 0 Å². The fraction of sp³-hybridized carbons (Fsp3) is 0.643. The number of hydrogen-bond acceptors (Lipinski definition) is 3. The van der Waals surface area contributed by atoms with Crippen LogP contribution in [0.1, 0.15) is 25.8 Å². The Morgan fingerprint density at radius 1 is 1.44 bits per heavy atom. The van der Waals surface area contributed by atoms with E-state index in [0.29, 0.717) is 6.04 Å². The number of aromatic nitrogens is 1. The Balaban J connectivity index is 2.08. The van der Waals surface area contributed by atoms with Gasteiger partial charge in [0.2, 0.25) is 0 Å². The standard InChI is InChI=1S/C14H22BrN3/c1-3-17(4-2)13-7-9-18(11-13)14-12(10-15)6-5-8-16-14/h5-6,8,13H,3-4,7,9-11H2,1-2H3. The van der Waals surface area contributed by atoms with Crippen molar-refractivity contribution in [2.75, 3.05) is 31.1 Å². The van der Waals surface area contributed by atoms with Crippen molar-refractivity contribution in [2.45, 2.75) is 31.6 Å². The van der Waals surface area contributed by atoms with Gasteiger partial charge in [-0.05, 0) is 25.6 Å². The molecule has 1 aliphatic rings. The van der Waals surface area contributed by atoms with Gasteiger partial charge >= 0.3 is 0 Å². The maximum Gasteiger partial charge on any atom is 0.132 e. The Morgan fingerprint density at radius 3 is 2.89 bits per heavy atom. The molecule has 1 unspecified atom stereocenters. The summed E-state index contributed by atoms with van der Waals surface area (Å²) in [7, 11) is 0. The number of rotatable bonds is 5. The van der Waals surface area contributed by atoms with Crippen LogP contribution in [0, 0.1) is 0 Å². The fourth-order valence-electron chi connectivity index (χ4n) is 2.79. The zero-order valence-electron chi connectivity index (χ0n) is 11.3. The fourth-order valence-corrected chi connectivity index (χ4v) is 3.23. The molecule has 1 atom stereocenters. The molecule has 1 aromatic heterocycles. The zero-order valence-corrected chi connectivity index (χ0v) is 12.9. The lowest BCUT2D eigenvalue weighted by Crippen LogP contribution is -2.37. The van der Waals surface area contributed by atoms with Crippen molar-refractivity contribution in [3.05, 3.63) is 23.9 Å². The van der Waals surface area contributed by atoms with Crippen LogP contribution >= 0.6 is 15.9 Å². The van der Waals surface area contributed by atoms with Crippen molar-refractivity contribution in [3.8, 4) is 0 Å². The van der Waals surface area contributed by atoms with Crippen molar-refractivity contribution in [3.63, 3.8) is 0 Å². The molecular weight excluding hydrogens is 290 g/mol. The molecular formula is C14H22BrN3. The number of halogens is 1. The molecule has 0 bridgehead atoms. The summed E-state index contributed by atoms with van der Waals surface area (Å²) in [5.74, 6) is 1.16. The van der Waals surface area contributed by atoms with Crippen molar-refractivity contribution < 1.29 is 0 Å². The van der Waals surface area contributed by atoms with E-state index in [4.69, 9.17) is 0 Å². The molecule has 0 N–H and O–H groups in total. The Kier molecular flexibility index (Phi) is 5.01. The van der Waals surface area contributed by atoms with Gasteiger partial charge in [-0.15, -0.1) is 0 Å². The van der Waals surface area contributed by atoms with Crippen LogP contribution in [0.15, 0.2) is 18.3 Å². The van der Waals surface area contributed by atoms with E-state index in [1.807, 2.05) is 12.3 Å². The highest BCUT2D eigenvalue weighted by molar-refractivity contribution is 9.08. The van der Waals surface area contributed by atoms with Crippen LogP contribution < -0.4 is 4.90 Å². The van der Waals surface area contributed by atoms with Gasteiger partial charge in [0.15, 0.2) is 0 Å². The number of alkyl halides is 1. The highest BCUT2D eigenvalue weighted by atomic mass is 79.9. The number of nitrogens with zero attached hydrogens (tertiary/aromatic N) is 3. The first kappa shape index (κ1) is 13.8. The first-order chi connectivity index (χ1) is 8.80. The third-order valence-corrected chi connectivity index (χ3v) is 4.41. The summed E-state index contributed by atoms with van der Waals surface area (Å²) in [5.41, 5.74) is 1.29. The van der Waals surface area contributed by atoms with Crippen LogP contribution in [-0.2, 0) is 5.33 Å². The Bertz CT molecular complexity index is 379. The summed E-state index contributed by atoms with van der Waals surface area (Å²) in [4.78, 5) is 9.54. The highest BCUT2D eigenvalue weighted by Gasteiger charge is 2.27. The highest BCUT2D eigenvalue weighted by Crippen LogP contribution is 2.25. The molecule has 0 aromatic carbocycles. The van der Waals surface area contributed by atoms with Gasteiger partial charge in [-0.2, -0.15) is 0 Å². The molecule has 0 spiro atoms. The van der Waals surface area contributed by atoms with E-state index >= 15 is 0 Å². The first-order valence-electron chi connectivity index (χ1n) is 6.79. The molecule has 2 heterocycles. The third-order valence-electron chi connectivity index (χ3n) is 3.80. The summed E-state index contributed by atoms with van der Waals surface area (Å²) < 4.78 is 0. The molecule has 18 heavy (non-hydrogen) atoms. The molecule has 1 aromatic rings. The van der Waals surface area contributed by atoms with Gasteiger partial charge in [0.1, 0.15) is 5.82 Å². The maximum absolute atomic E-state index is 4.55. The van der Waals surface area contributed by atoms with Crippen LogP contribution in [-0.4, -0.2) is 42.1 Å². The quantitative estimate of drug-likeness (QED) is 0.779. The monoisotopic (exact) mass is 311 g/mol. The molecule has 4 heteroatoms. The van der Waals surface area contributed by atoms with E-state index in [1.54, 1.807) is 0 Å². The Labute approximate surface area is 118 Å². The maximum atomic E-state index is 4.55. The average Bonchev–Trinajstić information content (AvgIpc) is 2.89. The van der Waals surface area contributed by atoms with Crippen LogP contribution in [0.5, 0.6) is 0 Å². The summed E-state index contributed by atoms with van der Waals surface area (Å²) in [6.07, 6.45) is 3.15. The SMILES string of the molecule is CCN(CC)C1CCN(c2ncccc2CBr)C1. The lowest BCUT2D eigenvalue weighted by molar-refractivity contribution is 0.232. The molecule has 100 valence electrons. The summed E-state index contributed by atoms with van der Waals surface area (Å²) in [5, 5.41) is 0.878. The summed E-state index contributed by atoms with van der Waals surface area (Å²) >= 11 is 3.55. The van der Waals surface area contributed by atoms with Crippen molar-refractivity contribution in [1.29, 1.82) is 0 Å². The molecule has 0 aliphatic carbocycles. The number of likely N-dealkylation sites (N-methyl/N-ethyl adjacent to an activating group) is 1. The average molecular weight is 312 g/mol. The largest absolute Gasteiger partial charge is 0.355 e. The lowest BCUT2D eigenvalue weighted by atomic mass is 10.2. The van der Waals surface area contributed by atoms with Crippen molar-refractivity contribution in [2.24, 2.45) is 0 Å². The third kappa shape index (κ3) is 2.86. The molecule has 0 amide bonds. The van der Waals surface area contributed by atoms with Gasteiger partial charge in [-0.3, -0.25) is 4.90 Å². The van der Waals surface area contributed by atoms with E-state index in [2.05, 4.69) is 50.6 Å². The predicted molar refractivity (Wildman–Crippen MR) is 80.4 cm³/mol. The van der Waals surface area contributed by atoms with E-state index in [1.165, 1.54) is 12.0 Å². The second kappa shape index (κ2) is 6.53. The summed E-state index contributed by atoms with van der Waals surface area (Å²) in [6, 6.07) is 4.85. The number of anilines is 1. The minimum absolute atomic E-state index is 0.685. The van der Waals surface area contributed by atoms with Gasteiger partial charge in [-0.25, -0.2) is 4.98 Å². The normalized spacial score (nSPS) is 19.8. The molecule has 0 saturated carbocycles. The summed E-state index contributed by atoms with van der Waals surface area (Å²) in [6.45, 7) is 9.01. The minimum Gasteiger partial charge on any atom is -0.355 e. The second-order valence-corrected chi connectivity index (χ2v) is 5.29. The van der Waals surface area contributed by atoms with Gasteiger partial charge in [-0.1, -0.05) is 35.8 Å². The molecule has 0 radical (unpaired) electrons. The first-order valence-corrected chi connectivity index (χ1v) is 7.91. The van der Waals surface area contributed by atoms with Crippen LogP contribution in [0.25, 0.3) is 0 Å². The number of pyridine rings is 1. The molecule has 1 aliphatic heterocycles. The lowest BCUT2D eigenvalue weighted by Gasteiger charge is -2.26. The predicted octanol–water partition coefficient (Wildman–Crippen LogP) is 2.90. The second-order valence-electron chi connectivity index (χ2n) is 4.73. The van der Waals surface area contributed by atoms with E-state index in [9.17, 15) is 0 Å². The molecule has 1 fully saturated rings. The van der Waals surface area contributed by atoms with E-state index in [0.717, 1.165) is 37.3 Å². The van der Waals surface area contributed by atoms with E-state index < -0.39 is 0 Å². The van der Waals surface area contributed by atoms with Gasteiger partial charge in [0, 0.05) is 36.2 Å². The van der Waals surface area contributed by atoms with Crippen LogP contribution in [0.4, 0.5) is 5.82 Å². The van der Waals surface area contributed by atoms with Gasteiger partial charge in [0.05, 0.1) is 0 Å². The van der Waals surface area contributed by atoms with Crippen molar-refractivity contribution >= 4 is 21.7 Å². The molecule has 2 rings (SSSR count).